The van der Waals surface area contributed by atoms with Crippen LogP contribution in [0.2, 0.25) is 5.02 Å². The van der Waals surface area contributed by atoms with Crippen LogP contribution in [-0.4, -0.2) is 44.2 Å². The molecule has 1 fully saturated rings. The van der Waals surface area contributed by atoms with E-state index in [9.17, 15) is 4.79 Å². The first kappa shape index (κ1) is 20.8. The lowest BCUT2D eigenvalue weighted by molar-refractivity contribution is -0.117. The van der Waals surface area contributed by atoms with Gasteiger partial charge in [-0.3, -0.25) is 9.69 Å². The van der Waals surface area contributed by atoms with Gasteiger partial charge in [-0.1, -0.05) is 17.7 Å². The monoisotopic (exact) mass is 430 g/mol. The number of methoxy groups -OCH3 is 1. The van der Waals surface area contributed by atoms with Crippen molar-refractivity contribution in [2.45, 2.75) is 32.2 Å². The Bertz CT molecular complexity index is 934. The normalized spacial score (nSPS) is 18.7. The van der Waals surface area contributed by atoms with Gasteiger partial charge in [-0.2, -0.15) is 0 Å². The van der Waals surface area contributed by atoms with Gasteiger partial charge in [0.05, 0.1) is 32.6 Å². The number of nitrogens with one attached hydrogen (secondary N) is 1. The Labute approximate surface area is 182 Å². The molecule has 2 aliphatic rings. The molecule has 0 unspecified atom stereocenters. The molecule has 7 heteroatoms. The number of benzene rings is 2. The highest BCUT2D eigenvalue weighted by Gasteiger charge is 2.29. The highest BCUT2D eigenvalue weighted by atomic mass is 35.5. The van der Waals surface area contributed by atoms with Gasteiger partial charge in [0.25, 0.3) is 0 Å². The summed E-state index contributed by atoms with van der Waals surface area (Å²) in [6.07, 6.45) is 2.94. The second kappa shape index (κ2) is 9.14. The third-order valence-corrected chi connectivity index (χ3v) is 6.03. The molecular weight excluding hydrogens is 404 g/mol. The summed E-state index contributed by atoms with van der Waals surface area (Å²) in [6, 6.07) is 9.87. The molecule has 0 bridgehead atoms. The summed E-state index contributed by atoms with van der Waals surface area (Å²) in [5.74, 6) is 2.07. The van der Waals surface area contributed by atoms with E-state index < -0.39 is 0 Å². The SMILES string of the molecule is COc1cc(Cl)c(C)cc1NC(=O)CN1CCC[C@H]1c1ccc2c(c1)OCCCO2. The molecule has 4 rings (SSSR count). The largest absolute Gasteiger partial charge is 0.495 e. The van der Waals surface area contributed by atoms with Gasteiger partial charge in [-0.05, 0) is 55.6 Å². The minimum Gasteiger partial charge on any atom is -0.495 e. The molecule has 1 N–H and O–H groups in total. The minimum absolute atomic E-state index is 0.0729. The van der Waals surface area contributed by atoms with Crippen LogP contribution >= 0.6 is 11.6 Å². The van der Waals surface area contributed by atoms with Crippen LogP contribution in [0.25, 0.3) is 0 Å². The fraction of sp³-hybridized carbons (Fsp3) is 0.435. The Kier molecular flexibility index (Phi) is 6.35. The first-order chi connectivity index (χ1) is 14.5. The van der Waals surface area contributed by atoms with Crippen molar-refractivity contribution in [3.05, 3.63) is 46.5 Å². The molecule has 0 spiro atoms. The molecule has 0 saturated carbocycles. The number of anilines is 1. The Morgan fingerprint density at radius 3 is 2.80 bits per heavy atom. The topological polar surface area (TPSA) is 60.0 Å². The van der Waals surface area contributed by atoms with E-state index in [0.29, 0.717) is 36.2 Å². The van der Waals surface area contributed by atoms with Crippen molar-refractivity contribution in [3.63, 3.8) is 0 Å². The van der Waals surface area contributed by atoms with E-state index in [4.69, 9.17) is 25.8 Å². The summed E-state index contributed by atoms with van der Waals surface area (Å²) in [4.78, 5) is 15.0. The van der Waals surface area contributed by atoms with E-state index in [1.165, 1.54) is 0 Å². The third kappa shape index (κ3) is 4.50. The van der Waals surface area contributed by atoms with Crippen LogP contribution in [0.1, 0.15) is 36.4 Å². The highest BCUT2D eigenvalue weighted by molar-refractivity contribution is 6.31. The molecule has 1 saturated heterocycles. The smallest absolute Gasteiger partial charge is 0.238 e. The molecule has 0 aromatic heterocycles. The second-order valence-corrected chi connectivity index (χ2v) is 8.14. The summed E-state index contributed by atoms with van der Waals surface area (Å²) in [5, 5.41) is 3.59. The zero-order valence-electron chi connectivity index (χ0n) is 17.4. The number of hydrogen-bond acceptors (Lipinski definition) is 5. The Morgan fingerprint density at radius 1 is 1.20 bits per heavy atom. The van der Waals surface area contributed by atoms with Gasteiger partial charge in [0.1, 0.15) is 5.75 Å². The van der Waals surface area contributed by atoms with Gasteiger partial charge in [0.15, 0.2) is 11.5 Å². The van der Waals surface area contributed by atoms with Gasteiger partial charge in [-0.25, -0.2) is 0 Å². The van der Waals surface area contributed by atoms with Crippen molar-refractivity contribution in [3.8, 4) is 17.2 Å². The minimum atomic E-state index is -0.0729. The molecule has 1 atom stereocenters. The van der Waals surface area contributed by atoms with E-state index in [1.807, 2.05) is 19.1 Å². The van der Waals surface area contributed by atoms with E-state index >= 15 is 0 Å². The van der Waals surface area contributed by atoms with Gasteiger partial charge < -0.3 is 19.5 Å². The van der Waals surface area contributed by atoms with Crippen molar-refractivity contribution in [1.29, 1.82) is 0 Å². The molecule has 2 heterocycles. The Morgan fingerprint density at radius 2 is 2.00 bits per heavy atom. The van der Waals surface area contributed by atoms with Gasteiger partial charge in [0.2, 0.25) is 5.91 Å². The van der Waals surface area contributed by atoms with E-state index in [1.54, 1.807) is 13.2 Å². The van der Waals surface area contributed by atoms with Crippen LogP contribution in [0.15, 0.2) is 30.3 Å². The van der Waals surface area contributed by atoms with E-state index in [-0.39, 0.29) is 11.9 Å². The van der Waals surface area contributed by atoms with Gasteiger partial charge >= 0.3 is 0 Å². The quantitative estimate of drug-likeness (QED) is 0.751. The molecule has 2 aromatic rings. The fourth-order valence-electron chi connectivity index (χ4n) is 4.08. The van der Waals surface area contributed by atoms with Crippen LogP contribution in [0, 0.1) is 6.92 Å². The molecule has 0 aliphatic carbocycles. The maximum absolute atomic E-state index is 12.8. The maximum Gasteiger partial charge on any atom is 0.238 e. The van der Waals surface area contributed by atoms with Crippen LogP contribution in [0.5, 0.6) is 17.2 Å². The van der Waals surface area contributed by atoms with Crippen molar-refractivity contribution in [2.75, 3.05) is 38.7 Å². The molecule has 1 amide bonds. The summed E-state index contributed by atoms with van der Waals surface area (Å²) in [6.45, 7) is 4.43. The number of hydrogen-bond donors (Lipinski definition) is 1. The number of carbonyl (C=O) groups excluding carboxylic acids is 1. The van der Waals surface area contributed by atoms with Crippen LogP contribution in [0.4, 0.5) is 5.69 Å². The first-order valence-corrected chi connectivity index (χ1v) is 10.7. The number of aryl methyl sites for hydroxylation is 1. The number of halogens is 1. The number of nitrogens with zero attached hydrogens (tertiary/aromatic N) is 1. The lowest BCUT2D eigenvalue weighted by Crippen LogP contribution is -2.33. The van der Waals surface area contributed by atoms with Crippen LogP contribution in [0.3, 0.4) is 0 Å². The summed E-state index contributed by atoms with van der Waals surface area (Å²) in [5.41, 5.74) is 2.68. The average molecular weight is 431 g/mol. The molecular formula is C23H27ClN2O4. The lowest BCUT2D eigenvalue weighted by atomic mass is 10.0. The molecule has 0 radical (unpaired) electrons. The zero-order valence-corrected chi connectivity index (χ0v) is 18.1. The molecule has 2 aromatic carbocycles. The predicted octanol–water partition coefficient (Wildman–Crippen LogP) is 4.59. The first-order valence-electron chi connectivity index (χ1n) is 10.3. The summed E-state index contributed by atoms with van der Waals surface area (Å²) >= 11 is 6.17. The maximum atomic E-state index is 12.8. The van der Waals surface area contributed by atoms with E-state index in [2.05, 4.69) is 22.3 Å². The fourth-order valence-corrected chi connectivity index (χ4v) is 4.24. The number of fused-ring (bicyclic) bond motifs is 1. The van der Waals surface area contributed by atoms with Crippen molar-refractivity contribution < 1.29 is 19.0 Å². The molecule has 30 heavy (non-hydrogen) atoms. The lowest BCUT2D eigenvalue weighted by Gasteiger charge is -2.25. The Balaban J connectivity index is 1.46. The summed E-state index contributed by atoms with van der Waals surface area (Å²) in [7, 11) is 1.57. The van der Waals surface area contributed by atoms with Gasteiger partial charge in [-0.15, -0.1) is 0 Å². The van der Waals surface area contributed by atoms with Crippen molar-refractivity contribution in [2.24, 2.45) is 0 Å². The average Bonchev–Trinajstić information content (AvgIpc) is 3.05. The van der Waals surface area contributed by atoms with Crippen LogP contribution < -0.4 is 19.5 Å². The second-order valence-electron chi connectivity index (χ2n) is 7.74. The molecule has 6 nitrogen and oxygen atoms in total. The number of ether oxygens (including phenoxy) is 3. The summed E-state index contributed by atoms with van der Waals surface area (Å²) < 4.78 is 16.9. The molecule has 2 aliphatic heterocycles. The number of carbonyl (C=O) groups is 1. The number of likely N-dealkylation sites (tertiary alicyclic amines) is 1. The number of rotatable bonds is 5. The third-order valence-electron chi connectivity index (χ3n) is 5.62. The van der Waals surface area contributed by atoms with Crippen molar-refractivity contribution in [1.82, 2.24) is 4.90 Å². The van der Waals surface area contributed by atoms with Crippen LogP contribution in [-0.2, 0) is 4.79 Å². The predicted molar refractivity (Wildman–Crippen MR) is 117 cm³/mol. The van der Waals surface area contributed by atoms with E-state index in [0.717, 1.165) is 48.4 Å². The standard InChI is InChI=1S/C23H27ClN2O4/c1-15-11-18(21(28-2)13-17(15)24)25-23(27)14-26-8-3-5-19(26)16-6-7-20-22(12-16)30-10-4-9-29-20/h6-7,11-13,19H,3-5,8-10,14H2,1-2H3,(H,25,27)/t19-/m0/s1. The van der Waals surface area contributed by atoms with Crippen molar-refractivity contribution >= 4 is 23.2 Å². The van der Waals surface area contributed by atoms with Gasteiger partial charge in [0, 0.05) is 23.6 Å². The molecule has 160 valence electrons. The zero-order chi connectivity index (χ0) is 21.1. The number of amides is 1. The highest BCUT2D eigenvalue weighted by Crippen LogP contribution is 2.38. The Hall–Kier alpha value is -2.44.